The molecule has 0 spiro atoms. The van der Waals surface area contributed by atoms with Gasteiger partial charge in [0.25, 0.3) is 0 Å². The summed E-state index contributed by atoms with van der Waals surface area (Å²) in [5.74, 6) is 2.91. The standard InChI is InChI=1S/C14H27N/c1-11(2)14-9-13(10-15(14)3)12-7-5-4-6-8-12/h11-14H,4-10H2,1-3H3/t13-,14?/m0/s1. The Bertz CT molecular complexity index is 194. The van der Waals surface area contributed by atoms with Crippen LogP contribution in [0.25, 0.3) is 0 Å². The summed E-state index contributed by atoms with van der Waals surface area (Å²) in [4.78, 5) is 2.62. The summed E-state index contributed by atoms with van der Waals surface area (Å²) in [6.45, 7) is 6.13. The van der Waals surface area contributed by atoms with Crippen molar-refractivity contribution in [2.24, 2.45) is 17.8 Å². The van der Waals surface area contributed by atoms with E-state index in [1.54, 1.807) is 0 Å². The molecule has 0 radical (unpaired) electrons. The number of likely N-dealkylation sites (tertiary alicyclic amines) is 1. The number of hydrogen-bond acceptors (Lipinski definition) is 1. The van der Waals surface area contributed by atoms with Gasteiger partial charge in [0.15, 0.2) is 0 Å². The van der Waals surface area contributed by atoms with Crippen molar-refractivity contribution < 1.29 is 0 Å². The van der Waals surface area contributed by atoms with Crippen molar-refractivity contribution in [3.8, 4) is 0 Å². The van der Waals surface area contributed by atoms with Crippen LogP contribution in [0, 0.1) is 17.8 Å². The van der Waals surface area contributed by atoms with Gasteiger partial charge in [-0.05, 0) is 31.2 Å². The Labute approximate surface area is 95.2 Å². The van der Waals surface area contributed by atoms with Crippen molar-refractivity contribution in [2.45, 2.75) is 58.4 Å². The topological polar surface area (TPSA) is 3.24 Å². The van der Waals surface area contributed by atoms with E-state index >= 15 is 0 Å². The van der Waals surface area contributed by atoms with Crippen LogP contribution in [0.2, 0.25) is 0 Å². The van der Waals surface area contributed by atoms with Gasteiger partial charge in [-0.1, -0.05) is 46.0 Å². The lowest BCUT2D eigenvalue weighted by atomic mass is 9.78. The average Bonchev–Trinajstić information content (AvgIpc) is 2.62. The molecule has 0 N–H and O–H groups in total. The van der Waals surface area contributed by atoms with Crippen molar-refractivity contribution in [1.29, 1.82) is 0 Å². The number of nitrogens with zero attached hydrogens (tertiary/aromatic N) is 1. The van der Waals surface area contributed by atoms with Gasteiger partial charge >= 0.3 is 0 Å². The summed E-state index contributed by atoms with van der Waals surface area (Å²) in [6.07, 6.45) is 8.99. The van der Waals surface area contributed by atoms with Crippen LogP contribution in [0.4, 0.5) is 0 Å². The molecule has 88 valence electrons. The molecule has 2 aliphatic rings. The van der Waals surface area contributed by atoms with Gasteiger partial charge < -0.3 is 4.90 Å². The van der Waals surface area contributed by atoms with Crippen molar-refractivity contribution in [2.75, 3.05) is 13.6 Å². The van der Waals surface area contributed by atoms with E-state index in [1.807, 2.05) is 0 Å². The highest BCUT2D eigenvalue weighted by atomic mass is 15.2. The maximum Gasteiger partial charge on any atom is 0.0118 e. The zero-order chi connectivity index (χ0) is 10.8. The van der Waals surface area contributed by atoms with Crippen LogP contribution in [-0.4, -0.2) is 24.5 Å². The molecule has 1 nitrogen and oxygen atoms in total. The van der Waals surface area contributed by atoms with E-state index in [9.17, 15) is 0 Å². The van der Waals surface area contributed by atoms with E-state index in [2.05, 4.69) is 25.8 Å². The molecular weight excluding hydrogens is 182 g/mol. The molecule has 1 saturated heterocycles. The van der Waals surface area contributed by atoms with Gasteiger partial charge in [-0.15, -0.1) is 0 Å². The molecule has 15 heavy (non-hydrogen) atoms. The quantitative estimate of drug-likeness (QED) is 0.672. The second-order valence-electron chi connectivity index (χ2n) is 6.14. The Morgan fingerprint density at radius 2 is 1.67 bits per heavy atom. The van der Waals surface area contributed by atoms with Crippen molar-refractivity contribution >= 4 is 0 Å². The van der Waals surface area contributed by atoms with Crippen molar-refractivity contribution in [3.63, 3.8) is 0 Å². The predicted molar refractivity (Wildman–Crippen MR) is 65.9 cm³/mol. The number of rotatable bonds is 2. The first-order chi connectivity index (χ1) is 7.18. The fourth-order valence-corrected chi connectivity index (χ4v) is 3.80. The first-order valence-corrected chi connectivity index (χ1v) is 6.88. The first-order valence-electron chi connectivity index (χ1n) is 6.88. The van der Waals surface area contributed by atoms with Gasteiger partial charge in [-0.3, -0.25) is 0 Å². The highest BCUT2D eigenvalue weighted by Gasteiger charge is 2.35. The monoisotopic (exact) mass is 209 g/mol. The van der Waals surface area contributed by atoms with Crippen molar-refractivity contribution in [3.05, 3.63) is 0 Å². The van der Waals surface area contributed by atoms with E-state index in [0.717, 1.165) is 23.8 Å². The third kappa shape index (κ3) is 2.55. The largest absolute Gasteiger partial charge is 0.303 e. The Morgan fingerprint density at radius 1 is 1.00 bits per heavy atom. The maximum atomic E-state index is 2.62. The molecule has 1 heteroatoms. The molecule has 1 unspecified atom stereocenters. The van der Waals surface area contributed by atoms with Crippen LogP contribution in [0.5, 0.6) is 0 Å². The van der Waals surface area contributed by atoms with E-state index in [4.69, 9.17) is 0 Å². The molecule has 2 atom stereocenters. The maximum absolute atomic E-state index is 2.62. The summed E-state index contributed by atoms with van der Waals surface area (Å²) in [5, 5.41) is 0. The molecule has 0 aromatic heterocycles. The van der Waals surface area contributed by atoms with Crippen molar-refractivity contribution in [1.82, 2.24) is 4.90 Å². The van der Waals surface area contributed by atoms with Crippen LogP contribution in [0.1, 0.15) is 52.4 Å². The van der Waals surface area contributed by atoms with Crippen LogP contribution in [0.3, 0.4) is 0 Å². The third-order valence-electron chi connectivity index (χ3n) is 4.72. The van der Waals surface area contributed by atoms with Crippen LogP contribution in [0.15, 0.2) is 0 Å². The molecule has 2 rings (SSSR count). The van der Waals surface area contributed by atoms with Gasteiger partial charge in [0.1, 0.15) is 0 Å². The van der Waals surface area contributed by atoms with E-state index in [1.165, 1.54) is 45.1 Å². The highest BCUT2D eigenvalue weighted by Crippen LogP contribution is 2.38. The first kappa shape index (κ1) is 11.4. The molecule has 1 aliphatic carbocycles. The van der Waals surface area contributed by atoms with Crippen LogP contribution >= 0.6 is 0 Å². The third-order valence-corrected chi connectivity index (χ3v) is 4.72. The summed E-state index contributed by atoms with van der Waals surface area (Å²) >= 11 is 0. The smallest absolute Gasteiger partial charge is 0.0118 e. The minimum atomic E-state index is 0.837. The SMILES string of the molecule is CC(C)C1C[C@H](C2CCCCC2)CN1C. The Kier molecular flexibility index (Phi) is 3.71. The second-order valence-corrected chi connectivity index (χ2v) is 6.14. The molecule has 0 bridgehead atoms. The minimum absolute atomic E-state index is 0.837. The molecule has 0 aromatic carbocycles. The second kappa shape index (κ2) is 4.86. The molecule has 0 aromatic rings. The van der Waals surface area contributed by atoms with Gasteiger partial charge in [0.2, 0.25) is 0 Å². The predicted octanol–water partition coefficient (Wildman–Crippen LogP) is 3.54. The van der Waals surface area contributed by atoms with E-state index in [0.29, 0.717) is 0 Å². The molecule has 1 heterocycles. The highest BCUT2D eigenvalue weighted by molar-refractivity contribution is 4.89. The normalized spacial score (nSPS) is 35.2. The van der Waals surface area contributed by atoms with Crippen LogP contribution < -0.4 is 0 Å². The number of hydrogen-bond donors (Lipinski definition) is 0. The summed E-state index contributed by atoms with van der Waals surface area (Å²) < 4.78 is 0. The Balaban J connectivity index is 1.89. The van der Waals surface area contributed by atoms with Gasteiger partial charge in [-0.2, -0.15) is 0 Å². The minimum Gasteiger partial charge on any atom is -0.303 e. The van der Waals surface area contributed by atoms with Crippen LogP contribution in [-0.2, 0) is 0 Å². The van der Waals surface area contributed by atoms with E-state index < -0.39 is 0 Å². The lowest BCUT2D eigenvalue weighted by molar-refractivity contribution is 0.238. The van der Waals surface area contributed by atoms with Gasteiger partial charge in [0.05, 0.1) is 0 Å². The van der Waals surface area contributed by atoms with Gasteiger partial charge in [0, 0.05) is 12.6 Å². The molecule has 2 fully saturated rings. The fraction of sp³-hybridized carbons (Fsp3) is 1.00. The summed E-state index contributed by atoms with van der Waals surface area (Å²) in [5.41, 5.74) is 0. The molecule has 0 amide bonds. The van der Waals surface area contributed by atoms with E-state index in [-0.39, 0.29) is 0 Å². The molecular formula is C14H27N. The van der Waals surface area contributed by atoms with Gasteiger partial charge in [-0.25, -0.2) is 0 Å². The average molecular weight is 209 g/mol. The summed E-state index contributed by atoms with van der Waals surface area (Å²) in [6, 6.07) is 0.858. The fourth-order valence-electron chi connectivity index (χ4n) is 3.80. The Hall–Kier alpha value is -0.0400. The summed E-state index contributed by atoms with van der Waals surface area (Å²) in [7, 11) is 2.33. The molecule has 1 saturated carbocycles. The lowest BCUT2D eigenvalue weighted by Gasteiger charge is -2.27. The lowest BCUT2D eigenvalue weighted by Crippen LogP contribution is -2.29. The zero-order valence-corrected chi connectivity index (χ0v) is 10.7. The zero-order valence-electron chi connectivity index (χ0n) is 10.7. The Morgan fingerprint density at radius 3 is 2.20 bits per heavy atom. The molecule has 1 aliphatic heterocycles.